The minimum absolute atomic E-state index is 0.749. The summed E-state index contributed by atoms with van der Waals surface area (Å²) in [7, 11) is -0.171. The van der Waals surface area contributed by atoms with Crippen LogP contribution in [0, 0.1) is 0 Å². The number of hydrogen-bond donors (Lipinski definition) is 1. The Labute approximate surface area is 157 Å². The topological polar surface area (TPSA) is 21.3 Å². The molecule has 0 aliphatic carbocycles. The number of hydrogen-bond acceptors (Lipinski definition) is 2. The molecule has 0 spiro atoms. The Morgan fingerprint density at radius 3 is 1.46 bits per heavy atom. The van der Waals surface area contributed by atoms with E-state index >= 15 is 0 Å². The van der Waals surface area contributed by atoms with Gasteiger partial charge in [0.25, 0.3) is 0 Å². The molecule has 0 heterocycles. The Kier molecular flexibility index (Phi) is 6.96. The van der Waals surface area contributed by atoms with Crippen LogP contribution in [0.5, 0.6) is 0 Å². The van der Waals surface area contributed by atoms with Gasteiger partial charge in [0.15, 0.2) is 0 Å². The van der Waals surface area contributed by atoms with Crippen molar-refractivity contribution in [2.24, 2.45) is 0 Å². The van der Waals surface area contributed by atoms with Crippen molar-refractivity contribution in [2.45, 2.75) is 0 Å². The molecule has 0 aromatic heterocycles. The Morgan fingerprint density at radius 2 is 1.08 bits per heavy atom. The molecule has 0 atom stereocenters. The predicted octanol–water partition coefficient (Wildman–Crippen LogP) is 2.95. The Bertz CT molecular complexity index is 665. The van der Waals surface area contributed by atoms with Crippen molar-refractivity contribution in [2.75, 3.05) is 33.0 Å². The molecule has 136 valence electrons. The van der Waals surface area contributed by atoms with Crippen molar-refractivity contribution in [3.05, 3.63) is 91.0 Å². The van der Waals surface area contributed by atoms with Gasteiger partial charge in [0.1, 0.15) is 0 Å². The normalized spacial score (nSPS) is 12.0. The molecule has 0 amide bonds. The van der Waals surface area contributed by atoms with Crippen LogP contribution in [0.3, 0.4) is 0 Å². The first kappa shape index (κ1) is 18.8. The van der Waals surface area contributed by atoms with E-state index in [0.717, 1.165) is 25.9 Å². The third kappa shape index (κ3) is 4.22. The molecule has 3 aromatic carbocycles. The molecular formula is C23H28NOP. The van der Waals surface area contributed by atoms with E-state index in [4.69, 9.17) is 4.74 Å². The summed E-state index contributed by atoms with van der Waals surface area (Å²) in [5.41, 5.74) is 0. The zero-order valence-electron chi connectivity index (χ0n) is 15.4. The van der Waals surface area contributed by atoms with E-state index < -0.39 is 7.26 Å². The second-order valence-corrected chi connectivity index (χ2v) is 10.5. The van der Waals surface area contributed by atoms with Crippen LogP contribution in [0.25, 0.3) is 0 Å². The molecule has 0 aliphatic rings. The fourth-order valence-corrected chi connectivity index (χ4v) is 8.20. The summed E-state index contributed by atoms with van der Waals surface area (Å²) in [6, 6.07) is 33.0. The standard InChI is InChI=1S/C23H28NOP/c1-24-17-18-25-19-20-26(21-11-5-2-6-12-21,22-13-7-3-8-14-22)23-15-9-4-10-16-23/h2-16,24,26H,17-20H2,1H3. The molecule has 3 heteroatoms. The van der Waals surface area contributed by atoms with Crippen molar-refractivity contribution in [3.63, 3.8) is 0 Å². The van der Waals surface area contributed by atoms with Crippen LogP contribution in [-0.2, 0) is 4.74 Å². The molecular weight excluding hydrogens is 337 g/mol. The van der Waals surface area contributed by atoms with Gasteiger partial charge >= 0.3 is 157 Å². The van der Waals surface area contributed by atoms with E-state index in [1.165, 1.54) is 15.9 Å². The number of likely N-dealkylation sites (N-methyl/N-ethyl adjacent to an activating group) is 1. The fourth-order valence-electron chi connectivity index (χ4n) is 3.60. The molecule has 0 aliphatic heterocycles. The second kappa shape index (κ2) is 9.64. The van der Waals surface area contributed by atoms with Crippen molar-refractivity contribution in [1.82, 2.24) is 5.32 Å². The van der Waals surface area contributed by atoms with Crippen LogP contribution in [-0.4, -0.2) is 33.0 Å². The zero-order chi connectivity index (χ0) is 18.1. The summed E-state index contributed by atoms with van der Waals surface area (Å²) in [5.74, 6) is 0. The summed E-state index contributed by atoms with van der Waals surface area (Å²) in [6.45, 7) is 2.41. The van der Waals surface area contributed by atoms with Gasteiger partial charge in [0.05, 0.1) is 0 Å². The molecule has 3 aromatic rings. The molecule has 26 heavy (non-hydrogen) atoms. The van der Waals surface area contributed by atoms with E-state index in [0.29, 0.717) is 0 Å². The van der Waals surface area contributed by atoms with Gasteiger partial charge in [-0.05, 0) is 0 Å². The van der Waals surface area contributed by atoms with Gasteiger partial charge in [-0.25, -0.2) is 0 Å². The average Bonchev–Trinajstić information content (AvgIpc) is 2.73. The first-order valence-electron chi connectivity index (χ1n) is 9.27. The molecule has 2 nitrogen and oxygen atoms in total. The molecule has 1 N–H and O–H groups in total. The maximum absolute atomic E-state index is 5.97. The Balaban J connectivity index is 2.06. The van der Waals surface area contributed by atoms with Gasteiger partial charge in [0.2, 0.25) is 0 Å². The van der Waals surface area contributed by atoms with Gasteiger partial charge in [0, 0.05) is 0 Å². The van der Waals surface area contributed by atoms with E-state index in [-0.39, 0.29) is 0 Å². The quantitative estimate of drug-likeness (QED) is 0.465. The van der Waals surface area contributed by atoms with Gasteiger partial charge < -0.3 is 0 Å². The van der Waals surface area contributed by atoms with Crippen molar-refractivity contribution < 1.29 is 4.74 Å². The third-order valence-corrected chi connectivity index (χ3v) is 9.83. The fraction of sp³-hybridized carbons (Fsp3) is 0.217. The van der Waals surface area contributed by atoms with Crippen molar-refractivity contribution in [1.29, 1.82) is 0 Å². The number of nitrogens with one attached hydrogen (secondary N) is 1. The monoisotopic (exact) mass is 365 g/mol. The molecule has 0 fully saturated rings. The van der Waals surface area contributed by atoms with Gasteiger partial charge in [-0.2, -0.15) is 0 Å². The van der Waals surface area contributed by atoms with Crippen LogP contribution >= 0.6 is 7.26 Å². The molecule has 0 bridgehead atoms. The summed E-state index contributed by atoms with van der Waals surface area (Å²) in [4.78, 5) is 0. The van der Waals surface area contributed by atoms with Crippen LogP contribution < -0.4 is 21.2 Å². The number of rotatable bonds is 9. The average molecular weight is 365 g/mol. The summed E-state index contributed by atoms with van der Waals surface area (Å²) < 4.78 is 5.97. The van der Waals surface area contributed by atoms with E-state index in [1.54, 1.807) is 0 Å². The molecule has 0 saturated heterocycles. The second-order valence-electron chi connectivity index (χ2n) is 6.47. The predicted molar refractivity (Wildman–Crippen MR) is 116 cm³/mol. The molecule has 0 unspecified atom stereocenters. The van der Waals surface area contributed by atoms with Gasteiger partial charge in [-0.1, -0.05) is 0 Å². The van der Waals surface area contributed by atoms with Crippen LogP contribution in [0.15, 0.2) is 91.0 Å². The van der Waals surface area contributed by atoms with E-state index in [2.05, 4.69) is 96.3 Å². The first-order chi connectivity index (χ1) is 12.9. The van der Waals surface area contributed by atoms with Crippen molar-refractivity contribution in [3.8, 4) is 0 Å². The Morgan fingerprint density at radius 1 is 0.654 bits per heavy atom. The third-order valence-electron chi connectivity index (χ3n) is 4.92. The van der Waals surface area contributed by atoms with Gasteiger partial charge in [-0.3, -0.25) is 0 Å². The molecule has 0 saturated carbocycles. The SMILES string of the molecule is CNCCOCC[PH](c1ccccc1)(c1ccccc1)c1ccccc1. The molecule has 3 rings (SSSR count). The minimum atomic E-state index is -2.13. The van der Waals surface area contributed by atoms with Crippen LogP contribution in [0.2, 0.25) is 0 Å². The number of benzene rings is 3. The first-order valence-corrected chi connectivity index (χ1v) is 11.5. The maximum atomic E-state index is 5.97. The molecule has 0 radical (unpaired) electrons. The summed E-state index contributed by atoms with van der Waals surface area (Å²) in [5, 5.41) is 7.47. The van der Waals surface area contributed by atoms with E-state index in [9.17, 15) is 0 Å². The Hall–Kier alpha value is -1.99. The zero-order valence-corrected chi connectivity index (χ0v) is 16.4. The van der Waals surface area contributed by atoms with Crippen LogP contribution in [0.1, 0.15) is 0 Å². The van der Waals surface area contributed by atoms with Crippen molar-refractivity contribution >= 4 is 23.2 Å². The number of ether oxygens (including phenoxy) is 1. The summed E-state index contributed by atoms with van der Waals surface area (Å²) in [6.07, 6.45) is 1.04. The van der Waals surface area contributed by atoms with Crippen LogP contribution in [0.4, 0.5) is 0 Å². The summed E-state index contributed by atoms with van der Waals surface area (Å²) >= 11 is 0. The van der Waals surface area contributed by atoms with E-state index in [1.807, 2.05) is 7.05 Å². The van der Waals surface area contributed by atoms with Gasteiger partial charge in [-0.15, -0.1) is 0 Å².